The fraction of sp³-hybridized carbons (Fsp3) is 0.308. The van der Waals surface area contributed by atoms with E-state index in [0.717, 1.165) is 32.7 Å². The van der Waals surface area contributed by atoms with Gasteiger partial charge in [-0.25, -0.2) is 0 Å². The van der Waals surface area contributed by atoms with E-state index < -0.39 is 6.10 Å². The molecule has 2 heterocycles. The third-order valence-corrected chi connectivity index (χ3v) is 7.24. The third kappa shape index (κ3) is 5.30. The summed E-state index contributed by atoms with van der Waals surface area (Å²) in [6.07, 6.45) is -0.398. The molecule has 0 saturated carbocycles. The van der Waals surface area contributed by atoms with Gasteiger partial charge in [0.15, 0.2) is 0 Å². The quantitative estimate of drug-likeness (QED) is 0.594. The second-order valence-electron chi connectivity index (χ2n) is 8.36. The second kappa shape index (κ2) is 10.7. The summed E-state index contributed by atoms with van der Waals surface area (Å²) in [6.45, 7) is 6.45. The monoisotopic (exact) mass is 466 g/mol. The minimum Gasteiger partial charge on any atom is -1.00 e. The molecule has 2 aliphatic rings. The fourth-order valence-electron chi connectivity index (χ4n) is 4.52. The highest BCUT2D eigenvalue weighted by molar-refractivity contribution is 7.99. The normalized spacial score (nSPS) is 17.2. The predicted molar refractivity (Wildman–Crippen MR) is 128 cm³/mol. The molecule has 0 spiro atoms. The van der Waals surface area contributed by atoms with Crippen molar-refractivity contribution in [2.24, 2.45) is 0 Å². The number of hydrogen-bond donors (Lipinski definition) is 1. The number of fused-ring (bicyclic) bond motifs is 2. The predicted octanol–water partition coefficient (Wildman–Crippen LogP) is 1.47. The summed E-state index contributed by atoms with van der Waals surface area (Å²) in [4.78, 5) is 9.71. The van der Waals surface area contributed by atoms with Gasteiger partial charge in [0.25, 0.3) is 0 Å². The number of para-hydroxylation sites is 2. The summed E-state index contributed by atoms with van der Waals surface area (Å²) in [7, 11) is 0. The summed E-state index contributed by atoms with van der Waals surface area (Å²) in [5.74, 6) is 0. The molecule has 0 radical (unpaired) electrons. The molecule has 3 aromatic rings. The Bertz CT molecular complexity index is 965. The van der Waals surface area contributed by atoms with Crippen LogP contribution in [0.2, 0.25) is 0 Å². The van der Waals surface area contributed by atoms with Gasteiger partial charge in [-0.05, 0) is 29.8 Å². The highest BCUT2D eigenvalue weighted by atomic mass is 35.5. The number of aliphatic hydroxyl groups excluding tert-OH is 1. The first-order valence-corrected chi connectivity index (χ1v) is 11.9. The third-order valence-electron chi connectivity index (χ3n) is 6.11. The summed E-state index contributed by atoms with van der Waals surface area (Å²) in [5, 5.41) is 11.0. The lowest BCUT2D eigenvalue weighted by Gasteiger charge is -2.38. The maximum Gasteiger partial charge on any atom is 0.0845 e. The number of nitrogens with zero attached hydrogens (tertiary/aromatic N) is 3. The molecule has 1 unspecified atom stereocenters. The van der Waals surface area contributed by atoms with Crippen molar-refractivity contribution in [3.63, 3.8) is 0 Å². The van der Waals surface area contributed by atoms with Crippen LogP contribution in [0.3, 0.4) is 0 Å². The number of halogens is 1. The summed E-state index contributed by atoms with van der Waals surface area (Å²) < 4.78 is 0. The number of aliphatic hydroxyl groups is 1. The molecule has 1 saturated heterocycles. The molecular formula is C26H29ClN3OS-. The zero-order valence-electron chi connectivity index (χ0n) is 18.1. The van der Waals surface area contributed by atoms with Crippen LogP contribution < -0.4 is 17.3 Å². The van der Waals surface area contributed by atoms with Gasteiger partial charge < -0.3 is 22.4 Å². The molecule has 168 valence electrons. The number of hydrogen-bond acceptors (Lipinski definition) is 5. The molecule has 6 heteroatoms. The van der Waals surface area contributed by atoms with Crippen LogP contribution in [0.5, 0.6) is 0 Å². The van der Waals surface area contributed by atoms with E-state index in [0.29, 0.717) is 13.1 Å². The van der Waals surface area contributed by atoms with Crippen molar-refractivity contribution in [1.29, 1.82) is 0 Å². The minimum atomic E-state index is -0.398. The molecular weight excluding hydrogens is 438 g/mol. The van der Waals surface area contributed by atoms with Crippen molar-refractivity contribution in [1.82, 2.24) is 9.80 Å². The van der Waals surface area contributed by atoms with Crippen LogP contribution in [0.25, 0.3) is 0 Å². The largest absolute Gasteiger partial charge is 1.00 e. The van der Waals surface area contributed by atoms with Crippen molar-refractivity contribution < 1.29 is 17.5 Å². The molecule has 32 heavy (non-hydrogen) atoms. The van der Waals surface area contributed by atoms with Crippen LogP contribution in [-0.2, 0) is 6.54 Å². The highest BCUT2D eigenvalue weighted by Gasteiger charge is 2.26. The van der Waals surface area contributed by atoms with Crippen LogP contribution in [0, 0.1) is 0 Å². The Labute approximate surface area is 201 Å². The summed E-state index contributed by atoms with van der Waals surface area (Å²) >= 11 is 1.81. The van der Waals surface area contributed by atoms with Crippen molar-refractivity contribution in [2.45, 2.75) is 22.4 Å². The van der Waals surface area contributed by atoms with Gasteiger partial charge in [-0.2, -0.15) is 0 Å². The van der Waals surface area contributed by atoms with Gasteiger partial charge in [0, 0.05) is 49.1 Å². The average molecular weight is 467 g/mol. The molecule has 0 aromatic heterocycles. The van der Waals surface area contributed by atoms with E-state index in [1.165, 1.54) is 26.7 Å². The van der Waals surface area contributed by atoms with Gasteiger partial charge in [0.2, 0.25) is 0 Å². The van der Waals surface area contributed by atoms with Gasteiger partial charge in [-0.15, -0.1) is 0 Å². The first kappa shape index (κ1) is 23.1. The molecule has 1 fully saturated rings. The van der Waals surface area contributed by atoms with Crippen LogP contribution in [-0.4, -0.2) is 60.3 Å². The van der Waals surface area contributed by atoms with Crippen molar-refractivity contribution in [3.8, 4) is 0 Å². The maximum absolute atomic E-state index is 11.0. The average Bonchev–Trinajstić information content (AvgIpc) is 2.81. The lowest BCUT2D eigenvalue weighted by molar-refractivity contribution is -0.00000857. The Morgan fingerprint density at radius 1 is 0.688 bits per heavy atom. The highest BCUT2D eigenvalue weighted by Crippen LogP contribution is 2.47. The van der Waals surface area contributed by atoms with Crippen molar-refractivity contribution >= 4 is 23.1 Å². The minimum absolute atomic E-state index is 0. The number of β-amino-alcohol motifs (C(OH)–C–C–N with tert-alkyl or cyclic N) is 1. The van der Waals surface area contributed by atoms with Crippen LogP contribution in [0.4, 0.5) is 11.4 Å². The molecule has 0 aliphatic carbocycles. The molecule has 1 atom stereocenters. The van der Waals surface area contributed by atoms with E-state index in [-0.39, 0.29) is 12.4 Å². The van der Waals surface area contributed by atoms with Crippen LogP contribution >= 0.6 is 11.8 Å². The van der Waals surface area contributed by atoms with Crippen LogP contribution in [0.15, 0.2) is 88.7 Å². The molecule has 1 N–H and O–H groups in total. The summed E-state index contributed by atoms with van der Waals surface area (Å²) in [6, 6.07) is 27.7. The molecule has 0 bridgehead atoms. The Balaban J connectivity index is 0.00000245. The topological polar surface area (TPSA) is 30.0 Å². The van der Waals surface area contributed by atoms with E-state index in [1.54, 1.807) is 0 Å². The maximum atomic E-state index is 11.0. The molecule has 5 rings (SSSR count). The lowest BCUT2D eigenvalue weighted by Crippen LogP contribution is -3.00. The van der Waals surface area contributed by atoms with E-state index in [1.807, 2.05) is 11.8 Å². The van der Waals surface area contributed by atoms with Crippen molar-refractivity contribution in [3.05, 3.63) is 84.4 Å². The van der Waals surface area contributed by atoms with E-state index in [9.17, 15) is 5.11 Å². The number of anilines is 2. The van der Waals surface area contributed by atoms with Gasteiger partial charge in [0.1, 0.15) is 0 Å². The molecule has 2 aliphatic heterocycles. The second-order valence-corrected chi connectivity index (χ2v) is 9.45. The fourth-order valence-corrected chi connectivity index (χ4v) is 5.61. The summed E-state index contributed by atoms with van der Waals surface area (Å²) in [5.41, 5.74) is 3.76. The number of piperazine rings is 1. The Kier molecular flexibility index (Phi) is 7.76. The Morgan fingerprint density at radius 3 is 1.84 bits per heavy atom. The number of rotatable bonds is 6. The zero-order chi connectivity index (χ0) is 21.0. The first-order chi connectivity index (χ1) is 15.3. The van der Waals surface area contributed by atoms with Crippen LogP contribution in [0.1, 0.15) is 5.56 Å². The molecule has 3 aromatic carbocycles. The van der Waals surface area contributed by atoms with Gasteiger partial charge in [-0.1, -0.05) is 66.4 Å². The lowest BCUT2D eigenvalue weighted by atomic mass is 10.1. The number of benzene rings is 3. The van der Waals surface area contributed by atoms with Gasteiger partial charge >= 0.3 is 0 Å². The van der Waals surface area contributed by atoms with Gasteiger partial charge in [0.05, 0.1) is 24.0 Å². The van der Waals surface area contributed by atoms with Crippen molar-refractivity contribution in [2.75, 3.05) is 44.2 Å². The van der Waals surface area contributed by atoms with E-state index >= 15 is 0 Å². The Morgan fingerprint density at radius 2 is 1.22 bits per heavy atom. The van der Waals surface area contributed by atoms with Gasteiger partial charge in [-0.3, -0.25) is 9.80 Å². The zero-order valence-corrected chi connectivity index (χ0v) is 19.7. The van der Waals surface area contributed by atoms with E-state index in [4.69, 9.17) is 0 Å². The Hall–Kier alpha value is -2.02. The van der Waals surface area contributed by atoms with E-state index in [2.05, 4.69) is 93.6 Å². The molecule has 0 amide bonds. The standard InChI is InChI=1S/C26H29N3OS.ClH/c30-22(19-28-16-14-27(15-17-28)18-21-8-2-1-3-9-21)20-29-23-10-4-6-12-25(23)31-26-13-7-5-11-24(26)29;/h1-13,22,30H,14-20H2;1H/p-1. The SMILES string of the molecule is OC(CN1CCN(Cc2ccccc2)CC1)CN1c2ccccc2Sc2ccccc21.[Cl-]. The molecule has 4 nitrogen and oxygen atoms in total. The smallest absolute Gasteiger partial charge is 0.0845 e. The first-order valence-electron chi connectivity index (χ1n) is 11.1.